The molecule has 0 aromatic heterocycles. The van der Waals surface area contributed by atoms with Crippen LogP contribution in [0.15, 0.2) is 0 Å². The molecule has 0 aliphatic heterocycles. The van der Waals surface area contributed by atoms with Gasteiger partial charge in [0, 0.05) is 6.66 Å². The van der Waals surface area contributed by atoms with Crippen LogP contribution in [0.25, 0.3) is 0 Å². The third-order valence-corrected chi connectivity index (χ3v) is 2.02. The molecule has 0 saturated carbocycles. The lowest BCUT2D eigenvalue weighted by atomic mass is 10.9. The molecule has 0 heterocycles. The molecule has 0 amide bonds. The molecule has 11 heavy (non-hydrogen) atoms. The Labute approximate surface area is 64.5 Å². The van der Waals surface area contributed by atoms with Crippen molar-refractivity contribution in [1.82, 2.24) is 0 Å². The summed E-state index contributed by atoms with van der Waals surface area (Å²) in [5, 5.41) is 0. The summed E-state index contributed by atoms with van der Waals surface area (Å²) in [7, 11) is -7.73. The molecule has 1 atom stereocenters. The molecule has 0 aliphatic carbocycles. The lowest BCUT2D eigenvalue weighted by Gasteiger charge is -2.04. The van der Waals surface area contributed by atoms with Crippen LogP contribution in [0.2, 0.25) is 0 Å². The Balaban J connectivity index is 3.70. The van der Waals surface area contributed by atoms with Gasteiger partial charge >= 0.3 is 7.60 Å². The van der Waals surface area contributed by atoms with Crippen LogP contribution in [0.1, 0.15) is 0 Å². The molecular weight excluding hydrogens is 195 g/mol. The van der Waals surface area contributed by atoms with Crippen molar-refractivity contribution in [3.63, 3.8) is 0 Å². The van der Waals surface area contributed by atoms with E-state index < -0.39 is 30.1 Å². The van der Waals surface area contributed by atoms with Crippen molar-refractivity contribution in [2.75, 3.05) is 19.0 Å². The van der Waals surface area contributed by atoms with Gasteiger partial charge in [0.2, 0.25) is 0 Å². The van der Waals surface area contributed by atoms with E-state index in [-0.39, 0.29) is 0 Å². The van der Waals surface area contributed by atoms with Crippen LogP contribution in [0.3, 0.4) is 0 Å². The molecule has 8 heteroatoms. The van der Waals surface area contributed by atoms with Gasteiger partial charge in [-0.3, -0.25) is 9.12 Å². The smallest absolute Gasteiger partial charge is 0.324 e. The van der Waals surface area contributed by atoms with Crippen molar-refractivity contribution >= 4 is 17.7 Å². The molecule has 0 aromatic carbocycles. The van der Waals surface area contributed by atoms with Crippen molar-refractivity contribution in [2.45, 2.75) is 0 Å². The van der Waals surface area contributed by atoms with Gasteiger partial charge in [0.05, 0.1) is 12.4 Å². The van der Waals surface area contributed by atoms with Crippen LogP contribution < -0.4 is 0 Å². The zero-order valence-electron chi connectivity index (χ0n) is 5.80. The minimum absolute atomic E-state index is 0.483. The fourth-order valence-corrected chi connectivity index (χ4v) is 1.16. The number of hydrogen-bond acceptors (Lipinski definition) is 4. The topological polar surface area (TPSA) is 101 Å². The average Bonchev–Trinajstić information content (AvgIpc) is 1.55. The number of rotatable bonds is 4. The first-order valence-electron chi connectivity index (χ1n) is 2.61. The van der Waals surface area contributed by atoms with E-state index in [9.17, 15) is 13.0 Å². The quantitative estimate of drug-likeness (QED) is 0.481. The van der Waals surface area contributed by atoms with E-state index in [1.807, 2.05) is 0 Å². The molecule has 2 N–H and O–H groups in total. The first kappa shape index (κ1) is 11.1. The van der Waals surface area contributed by atoms with Gasteiger partial charge in [-0.05, 0) is 0 Å². The second-order valence-electron chi connectivity index (χ2n) is 1.92. The lowest BCUT2D eigenvalue weighted by Crippen LogP contribution is -2.09. The average molecular weight is 204 g/mol. The van der Waals surface area contributed by atoms with Crippen LogP contribution in [-0.4, -0.2) is 36.9 Å². The highest BCUT2D eigenvalue weighted by Gasteiger charge is 2.12. The highest BCUT2D eigenvalue weighted by Crippen LogP contribution is 2.35. The SMILES string of the molecule is CP(=O)(O)OCCS(=O)(=O)O. The van der Waals surface area contributed by atoms with Gasteiger partial charge < -0.3 is 9.42 Å². The molecule has 68 valence electrons. The van der Waals surface area contributed by atoms with E-state index in [2.05, 4.69) is 4.52 Å². The van der Waals surface area contributed by atoms with E-state index >= 15 is 0 Å². The fourth-order valence-electron chi connectivity index (χ4n) is 0.312. The van der Waals surface area contributed by atoms with Gasteiger partial charge in [0.15, 0.2) is 0 Å². The van der Waals surface area contributed by atoms with Crippen LogP contribution in [-0.2, 0) is 19.2 Å². The molecule has 0 saturated heterocycles. The van der Waals surface area contributed by atoms with Crippen LogP contribution >= 0.6 is 7.60 Å². The largest absolute Gasteiger partial charge is 0.325 e. The molecule has 0 aliphatic rings. The van der Waals surface area contributed by atoms with Crippen molar-refractivity contribution < 1.29 is 27.0 Å². The maximum Gasteiger partial charge on any atom is 0.325 e. The highest BCUT2D eigenvalue weighted by molar-refractivity contribution is 7.85. The van der Waals surface area contributed by atoms with Gasteiger partial charge in [-0.25, -0.2) is 0 Å². The summed E-state index contributed by atoms with van der Waals surface area (Å²) in [4.78, 5) is 8.47. The second kappa shape index (κ2) is 3.64. The zero-order valence-corrected chi connectivity index (χ0v) is 7.51. The third-order valence-electron chi connectivity index (χ3n) is 0.672. The zero-order chi connectivity index (χ0) is 9.12. The Kier molecular flexibility index (Phi) is 3.66. The Morgan fingerprint density at radius 1 is 1.55 bits per heavy atom. The van der Waals surface area contributed by atoms with E-state index in [1.54, 1.807) is 0 Å². The molecule has 0 spiro atoms. The first-order chi connectivity index (χ1) is 4.71. The van der Waals surface area contributed by atoms with Gasteiger partial charge in [-0.2, -0.15) is 8.42 Å². The van der Waals surface area contributed by atoms with Gasteiger partial charge in [-0.15, -0.1) is 0 Å². The monoisotopic (exact) mass is 204 g/mol. The Morgan fingerprint density at radius 3 is 2.27 bits per heavy atom. The van der Waals surface area contributed by atoms with E-state index in [4.69, 9.17) is 9.45 Å². The molecule has 0 bridgehead atoms. The summed E-state index contributed by atoms with van der Waals surface area (Å²) in [5.41, 5.74) is 0. The maximum atomic E-state index is 10.4. The Morgan fingerprint density at radius 2 is 2.00 bits per heavy atom. The van der Waals surface area contributed by atoms with Crippen LogP contribution in [0.4, 0.5) is 0 Å². The summed E-state index contributed by atoms with van der Waals surface area (Å²) >= 11 is 0. The Hall–Kier alpha value is 0.0600. The standard InChI is InChI=1S/C3H9O6PS/c1-10(4,5)9-2-3-11(6,7)8/h2-3H2,1H3,(H,4,5)(H,6,7,8). The van der Waals surface area contributed by atoms with Crippen molar-refractivity contribution in [2.24, 2.45) is 0 Å². The van der Waals surface area contributed by atoms with E-state index in [0.29, 0.717) is 0 Å². The summed E-state index contributed by atoms with van der Waals surface area (Å²) < 4.78 is 42.7. The minimum atomic E-state index is -4.10. The highest BCUT2D eigenvalue weighted by atomic mass is 32.2. The molecule has 1 unspecified atom stereocenters. The van der Waals surface area contributed by atoms with Crippen molar-refractivity contribution in [1.29, 1.82) is 0 Å². The molecule has 0 aromatic rings. The fraction of sp³-hybridized carbons (Fsp3) is 1.00. The minimum Gasteiger partial charge on any atom is -0.324 e. The van der Waals surface area contributed by atoms with Crippen molar-refractivity contribution in [3.8, 4) is 0 Å². The van der Waals surface area contributed by atoms with Gasteiger partial charge in [0.25, 0.3) is 10.1 Å². The van der Waals surface area contributed by atoms with E-state index in [1.165, 1.54) is 0 Å². The lowest BCUT2D eigenvalue weighted by molar-refractivity contribution is 0.278. The first-order valence-corrected chi connectivity index (χ1v) is 6.24. The predicted molar refractivity (Wildman–Crippen MR) is 38.1 cm³/mol. The second-order valence-corrected chi connectivity index (χ2v) is 5.36. The summed E-state index contributed by atoms with van der Waals surface area (Å²) in [5.74, 6) is -0.675. The van der Waals surface area contributed by atoms with Crippen LogP contribution in [0, 0.1) is 0 Å². The molecular formula is C3H9O6PS. The molecule has 0 fully saturated rings. The summed E-state index contributed by atoms with van der Waals surface area (Å²) in [6.07, 6.45) is 0. The molecule has 6 nitrogen and oxygen atoms in total. The maximum absolute atomic E-state index is 10.4. The number of hydrogen-bond donors (Lipinski definition) is 2. The third kappa shape index (κ3) is 10.1. The van der Waals surface area contributed by atoms with Crippen molar-refractivity contribution in [3.05, 3.63) is 0 Å². The molecule has 0 radical (unpaired) electrons. The molecule has 0 rings (SSSR count). The van der Waals surface area contributed by atoms with Crippen LogP contribution in [0.5, 0.6) is 0 Å². The van der Waals surface area contributed by atoms with Gasteiger partial charge in [0.1, 0.15) is 0 Å². The predicted octanol–water partition coefficient (Wildman–Crippen LogP) is -0.294. The summed E-state index contributed by atoms with van der Waals surface area (Å²) in [6.45, 7) is 0.445. The van der Waals surface area contributed by atoms with E-state index in [0.717, 1.165) is 6.66 Å². The Bertz CT molecular complexity index is 249. The normalized spacial score (nSPS) is 17.7. The van der Waals surface area contributed by atoms with Gasteiger partial charge in [-0.1, -0.05) is 0 Å². The summed E-state index contributed by atoms with van der Waals surface area (Å²) in [6, 6.07) is 0.